The van der Waals surface area contributed by atoms with Gasteiger partial charge in [0.2, 0.25) is 0 Å². The average molecular weight is 295 g/mol. The molecule has 0 saturated heterocycles. The zero-order chi connectivity index (χ0) is 15.4. The van der Waals surface area contributed by atoms with Crippen molar-refractivity contribution in [1.29, 1.82) is 0 Å². The van der Waals surface area contributed by atoms with Crippen LogP contribution in [0.3, 0.4) is 0 Å². The Morgan fingerprint density at radius 1 is 1.10 bits per heavy atom. The number of nitrogens with one attached hydrogen (secondary N) is 1. The van der Waals surface area contributed by atoms with Crippen LogP contribution in [0.2, 0.25) is 0 Å². The van der Waals surface area contributed by atoms with E-state index in [0.717, 1.165) is 17.1 Å². The van der Waals surface area contributed by atoms with E-state index in [0.29, 0.717) is 0 Å². The van der Waals surface area contributed by atoms with Crippen LogP contribution < -0.4 is 10.1 Å². The van der Waals surface area contributed by atoms with Crippen LogP contribution in [0, 0.1) is 6.92 Å². The molecule has 0 radical (unpaired) electrons. The minimum atomic E-state index is -2.81. The van der Waals surface area contributed by atoms with E-state index in [-0.39, 0.29) is 17.8 Å². The molecule has 3 nitrogen and oxygen atoms in total. The molecule has 0 saturated carbocycles. The second-order valence-corrected chi connectivity index (χ2v) is 5.01. The molecule has 1 N–H and O–H groups in total. The minimum absolute atomic E-state index is 0.0216. The van der Waals surface area contributed by atoms with Crippen LogP contribution in [0.4, 0.5) is 8.78 Å². The molecule has 0 bridgehead atoms. The predicted molar refractivity (Wildman–Crippen MR) is 76.5 cm³/mol. The number of hydrogen-bond acceptors (Lipinski definition) is 3. The van der Waals surface area contributed by atoms with Crippen molar-refractivity contribution in [2.75, 3.05) is 0 Å². The van der Waals surface area contributed by atoms with Gasteiger partial charge in [-0.25, -0.2) is 0 Å². The summed E-state index contributed by atoms with van der Waals surface area (Å²) in [6.07, 6.45) is 0. The number of rotatable bonds is 6. The summed E-state index contributed by atoms with van der Waals surface area (Å²) in [4.78, 5) is 0. The largest absolute Gasteiger partial charge is 0.465 e. The number of furan rings is 1. The number of halogens is 2. The third kappa shape index (κ3) is 4.29. The van der Waals surface area contributed by atoms with Crippen molar-refractivity contribution in [3.05, 3.63) is 53.5 Å². The van der Waals surface area contributed by atoms with Gasteiger partial charge in [-0.3, -0.25) is 0 Å². The van der Waals surface area contributed by atoms with Crippen LogP contribution in [-0.4, -0.2) is 6.61 Å². The van der Waals surface area contributed by atoms with E-state index in [1.54, 1.807) is 12.1 Å². The van der Waals surface area contributed by atoms with Crippen LogP contribution in [0.5, 0.6) is 5.75 Å². The van der Waals surface area contributed by atoms with Crippen LogP contribution >= 0.6 is 0 Å². The lowest BCUT2D eigenvalue weighted by atomic mass is 10.1. The van der Waals surface area contributed by atoms with Gasteiger partial charge in [0.1, 0.15) is 17.3 Å². The van der Waals surface area contributed by atoms with Crippen molar-refractivity contribution in [1.82, 2.24) is 5.32 Å². The molecule has 2 unspecified atom stereocenters. The van der Waals surface area contributed by atoms with Gasteiger partial charge in [-0.15, -0.1) is 0 Å². The first kappa shape index (κ1) is 15.5. The molecule has 0 spiro atoms. The van der Waals surface area contributed by atoms with Crippen molar-refractivity contribution in [2.24, 2.45) is 0 Å². The third-order valence-corrected chi connectivity index (χ3v) is 3.27. The number of alkyl halides is 2. The Balaban J connectivity index is 2.04. The Morgan fingerprint density at radius 2 is 1.86 bits per heavy atom. The highest BCUT2D eigenvalue weighted by Gasteiger charge is 2.14. The molecule has 0 aliphatic heterocycles. The number of ether oxygens (including phenoxy) is 1. The molecule has 5 heteroatoms. The van der Waals surface area contributed by atoms with Gasteiger partial charge in [0.25, 0.3) is 0 Å². The van der Waals surface area contributed by atoms with Gasteiger partial charge in [0.15, 0.2) is 0 Å². The molecule has 1 heterocycles. The van der Waals surface area contributed by atoms with Crippen molar-refractivity contribution >= 4 is 0 Å². The predicted octanol–water partition coefficient (Wildman–Crippen LogP) is 4.60. The van der Waals surface area contributed by atoms with Gasteiger partial charge in [-0.05, 0) is 50.6 Å². The fraction of sp³-hybridized carbons (Fsp3) is 0.375. The number of hydrogen-bond donors (Lipinski definition) is 1. The molecule has 2 atom stereocenters. The van der Waals surface area contributed by atoms with E-state index in [2.05, 4.69) is 10.1 Å². The first-order valence-corrected chi connectivity index (χ1v) is 6.83. The summed E-state index contributed by atoms with van der Waals surface area (Å²) < 4.78 is 34.5. The Labute approximate surface area is 122 Å². The molecular formula is C16H19F2NO2. The quantitative estimate of drug-likeness (QED) is 0.845. The van der Waals surface area contributed by atoms with E-state index in [1.807, 2.05) is 39.0 Å². The Hall–Kier alpha value is -1.88. The van der Waals surface area contributed by atoms with Crippen molar-refractivity contribution in [2.45, 2.75) is 39.5 Å². The van der Waals surface area contributed by atoms with Gasteiger partial charge in [0, 0.05) is 6.04 Å². The second kappa shape index (κ2) is 6.72. The van der Waals surface area contributed by atoms with Gasteiger partial charge in [0.05, 0.1) is 6.04 Å². The standard InChI is InChI=1S/C16H19F2NO2/c1-10-7-8-15(20-10)12(3)19-11(2)13-5-4-6-14(9-13)21-16(17)18/h4-9,11-12,16,19H,1-3H3. The van der Waals surface area contributed by atoms with Crippen LogP contribution in [0.25, 0.3) is 0 Å². The summed E-state index contributed by atoms with van der Waals surface area (Å²) in [6.45, 7) is 3.04. The third-order valence-electron chi connectivity index (χ3n) is 3.27. The highest BCUT2D eigenvalue weighted by Crippen LogP contribution is 2.24. The van der Waals surface area contributed by atoms with Gasteiger partial charge in [-0.2, -0.15) is 8.78 Å². The maximum Gasteiger partial charge on any atom is 0.387 e. The Morgan fingerprint density at radius 3 is 2.48 bits per heavy atom. The molecule has 0 aliphatic rings. The summed E-state index contributed by atoms with van der Waals surface area (Å²) in [5.74, 6) is 1.87. The SMILES string of the molecule is Cc1ccc(C(C)NC(C)c2cccc(OC(F)F)c2)o1. The molecule has 114 valence electrons. The zero-order valence-electron chi connectivity index (χ0n) is 12.3. The summed E-state index contributed by atoms with van der Waals surface area (Å²) in [5, 5.41) is 3.37. The zero-order valence-corrected chi connectivity index (χ0v) is 12.3. The van der Waals surface area contributed by atoms with E-state index in [4.69, 9.17) is 4.42 Å². The number of aryl methyl sites for hydroxylation is 1. The van der Waals surface area contributed by atoms with Gasteiger partial charge >= 0.3 is 6.61 Å². The molecule has 1 aromatic carbocycles. The van der Waals surface area contributed by atoms with E-state index < -0.39 is 6.61 Å². The fourth-order valence-corrected chi connectivity index (χ4v) is 2.20. The molecule has 21 heavy (non-hydrogen) atoms. The van der Waals surface area contributed by atoms with Crippen molar-refractivity contribution in [3.63, 3.8) is 0 Å². The molecule has 0 fully saturated rings. The van der Waals surface area contributed by atoms with Crippen LogP contribution in [0.15, 0.2) is 40.8 Å². The molecule has 1 aromatic heterocycles. The lowest BCUT2D eigenvalue weighted by Crippen LogP contribution is -2.22. The highest BCUT2D eigenvalue weighted by molar-refractivity contribution is 5.30. The molecule has 2 aromatic rings. The second-order valence-electron chi connectivity index (χ2n) is 5.01. The summed E-state index contributed by atoms with van der Waals surface area (Å²) in [6, 6.07) is 10.5. The van der Waals surface area contributed by atoms with Crippen molar-refractivity contribution < 1.29 is 17.9 Å². The first-order valence-electron chi connectivity index (χ1n) is 6.83. The fourth-order valence-electron chi connectivity index (χ4n) is 2.20. The summed E-state index contributed by atoms with van der Waals surface area (Å²) >= 11 is 0. The minimum Gasteiger partial charge on any atom is -0.465 e. The smallest absolute Gasteiger partial charge is 0.387 e. The molecule has 0 amide bonds. The first-order chi connectivity index (χ1) is 9.95. The Bertz CT molecular complexity index is 583. The molecule has 2 rings (SSSR count). The lowest BCUT2D eigenvalue weighted by Gasteiger charge is -2.19. The average Bonchev–Trinajstić information content (AvgIpc) is 2.85. The Kier molecular flexibility index (Phi) is 4.96. The van der Waals surface area contributed by atoms with E-state index >= 15 is 0 Å². The maximum atomic E-state index is 12.2. The van der Waals surface area contributed by atoms with E-state index in [1.165, 1.54) is 6.07 Å². The molecule has 0 aliphatic carbocycles. The summed E-state index contributed by atoms with van der Waals surface area (Å²) in [7, 11) is 0. The van der Waals surface area contributed by atoms with Crippen molar-refractivity contribution in [3.8, 4) is 5.75 Å². The highest BCUT2D eigenvalue weighted by atomic mass is 19.3. The monoisotopic (exact) mass is 295 g/mol. The maximum absolute atomic E-state index is 12.2. The van der Waals surface area contributed by atoms with E-state index in [9.17, 15) is 8.78 Å². The number of benzene rings is 1. The van der Waals surface area contributed by atoms with Crippen LogP contribution in [-0.2, 0) is 0 Å². The topological polar surface area (TPSA) is 34.4 Å². The normalized spacial score (nSPS) is 14.2. The van der Waals surface area contributed by atoms with Gasteiger partial charge in [-0.1, -0.05) is 12.1 Å². The lowest BCUT2D eigenvalue weighted by molar-refractivity contribution is -0.0499. The van der Waals surface area contributed by atoms with Crippen LogP contribution in [0.1, 0.15) is 43.0 Å². The summed E-state index contributed by atoms with van der Waals surface area (Å²) in [5.41, 5.74) is 0.878. The van der Waals surface area contributed by atoms with Gasteiger partial charge < -0.3 is 14.5 Å². The molecular weight excluding hydrogens is 276 g/mol.